The normalized spacial score (nSPS) is 18.3. The van der Waals surface area contributed by atoms with Gasteiger partial charge in [-0.1, -0.05) is 37.8 Å². The highest BCUT2D eigenvalue weighted by Crippen LogP contribution is 2.02. The number of hydrogen-bond donors (Lipinski definition) is 2. The lowest BCUT2D eigenvalue weighted by atomic mass is 10.0. The Labute approximate surface area is 87.1 Å². The molecule has 4 N–H and O–H groups in total. The second-order valence-electron chi connectivity index (χ2n) is 3.53. The average molecular weight is 192 g/mol. The zero-order valence-corrected chi connectivity index (χ0v) is 9.03. The van der Waals surface area contributed by atoms with E-state index < -0.39 is 0 Å². The molecule has 14 heavy (non-hydrogen) atoms. The summed E-state index contributed by atoms with van der Waals surface area (Å²) in [6.45, 7) is 11.3. The van der Waals surface area contributed by atoms with Gasteiger partial charge in [-0.2, -0.15) is 0 Å². The molecule has 2 nitrogen and oxygen atoms in total. The quantitative estimate of drug-likeness (QED) is 0.521. The summed E-state index contributed by atoms with van der Waals surface area (Å²) in [6.07, 6.45) is 3.59. The molecule has 0 fully saturated rings. The summed E-state index contributed by atoms with van der Waals surface area (Å²) in [5.41, 5.74) is 11.6. The van der Waals surface area contributed by atoms with E-state index in [1.54, 1.807) is 12.2 Å². The first-order valence-corrected chi connectivity index (χ1v) is 4.80. The van der Waals surface area contributed by atoms with Crippen LogP contribution in [0.5, 0.6) is 0 Å². The van der Waals surface area contributed by atoms with E-state index in [1.807, 2.05) is 13.8 Å². The van der Waals surface area contributed by atoms with Gasteiger partial charge in [0, 0.05) is 11.8 Å². The molecule has 0 spiro atoms. The lowest BCUT2D eigenvalue weighted by Crippen LogP contribution is -2.28. The van der Waals surface area contributed by atoms with Crippen molar-refractivity contribution < 1.29 is 0 Å². The van der Waals surface area contributed by atoms with Crippen LogP contribution in [0.2, 0.25) is 0 Å². The Balaban J connectivity index is 4.27. The molecule has 0 aromatic rings. The third kappa shape index (κ3) is 4.27. The van der Waals surface area contributed by atoms with Gasteiger partial charge >= 0.3 is 0 Å². The van der Waals surface area contributed by atoms with Crippen LogP contribution in [0.3, 0.4) is 0 Å². The highest BCUT2D eigenvalue weighted by atomic mass is 14.6. The molecule has 0 amide bonds. The average Bonchev–Trinajstić information content (AvgIpc) is 2.22. The zero-order chi connectivity index (χ0) is 11.1. The summed E-state index contributed by atoms with van der Waals surface area (Å²) in [4.78, 5) is 0. The van der Waals surface area contributed by atoms with Crippen LogP contribution >= 0.6 is 0 Å². The van der Waals surface area contributed by atoms with E-state index in [0.29, 0.717) is 0 Å². The van der Waals surface area contributed by atoms with Crippen molar-refractivity contribution in [1.82, 2.24) is 0 Å². The molecular formula is C12H20N2. The van der Waals surface area contributed by atoms with Gasteiger partial charge in [0.25, 0.3) is 0 Å². The summed E-state index contributed by atoms with van der Waals surface area (Å²) in [6, 6.07) is -0.369. The maximum absolute atomic E-state index is 5.79. The minimum Gasteiger partial charge on any atom is -0.317 e. The van der Waals surface area contributed by atoms with Crippen LogP contribution in [0.4, 0.5) is 0 Å². The van der Waals surface area contributed by atoms with Gasteiger partial charge in [0.15, 0.2) is 0 Å². The number of nitrogens with two attached hydrogens (primary N) is 2. The molecule has 0 rings (SSSR count). The maximum atomic E-state index is 5.79. The Morgan fingerprint density at radius 2 is 1.21 bits per heavy atom. The van der Waals surface area contributed by atoms with E-state index in [9.17, 15) is 0 Å². The Kier molecular flexibility index (Phi) is 5.94. The topological polar surface area (TPSA) is 52.0 Å². The van der Waals surface area contributed by atoms with Crippen molar-refractivity contribution in [1.29, 1.82) is 0 Å². The van der Waals surface area contributed by atoms with Crippen molar-refractivity contribution in [3.05, 3.63) is 25.3 Å². The van der Waals surface area contributed by atoms with Gasteiger partial charge in [0.1, 0.15) is 0 Å². The second-order valence-corrected chi connectivity index (χ2v) is 3.53. The third-order valence-electron chi connectivity index (χ3n) is 2.29. The standard InChI is InChI=1S/C12H20N2/c1-5-9(3)11(13)7-8-12(14)10(4)6-2/h5-6,9-12H,1-2,13-14H2,3-4H3. The molecule has 4 atom stereocenters. The lowest BCUT2D eigenvalue weighted by molar-refractivity contribution is 0.632. The fraction of sp³-hybridized carbons (Fsp3) is 0.500. The van der Waals surface area contributed by atoms with Crippen LogP contribution in [0.1, 0.15) is 13.8 Å². The van der Waals surface area contributed by atoms with Crippen molar-refractivity contribution in [3.63, 3.8) is 0 Å². The van der Waals surface area contributed by atoms with Crippen molar-refractivity contribution in [2.75, 3.05) is 0 Å². The molecule has 0 heterocycles. The van der Waals surface area contributed by atoms with Crippen LogP contribution in [0, 0.1) is 23.7 Å². The molecule has 0 radical (unpaired) electrons. The number of rotatable bonds is 4. The molecule has 0 aliphatic rings. The smallest absolute Gasteiger partial charge is 0.0725 e. The van der Waals surface area contributed by atoms with Crippen molar-refractivity contribution in [2.24, 2.45) is 23.3 Å². The summed E-state index contributed by atoms with van der Waals surface area (Å²) in [5, 5.41) is 0. The summed E-state index contributed by atoms with van der Waals surface area (Å²) in [7, 11) is 0. The molecule has 0 aliphatic heterocycles. The van der Waals surface area contributed by atoms with Crippen molar-refractivity contribution >= 4 is 0 Å². The first-order valence-electron chi connectivity index (χ1n) is 4.80. The lowest BCUT2D eigenvalue weighted by Gasteiger charge is -2.11. The molecule has 0 saturated carbocycles. The summed E-state index contributed by atoms with van der Waals surface area (Å²) in [5.74, 6) is 6.24. The van der Waals surface area contributed by atoms with E-state index in [1.165, 1.54) is 0 Å². The van der Waals surface area contributed by atoms with Crippen LogP contribution < -0.4 is 11.5 Å². The van der Waals surface area contributed by atoms with E-state index in [-0.39, 0.29) is 23.9 Å². The minimum atomic E-state index is -0.185. The first kappa shape index (κ1) is 13.0. The van der Waals surface area contributed by atoms with Crippen molar-refractivity contribution in [3.8, 4) is 11.8 Å². The van der Waals surface area contributed by atoms with E-state index >= 15 is 0 Å². The Bertz CT molecular complexity index is 223. The zero-order valence-electron chi connectivity index (χ0n) is 9.03. The van der Waals surface area contributed by atoms with Gasteiger partial charge in [-0.05, 0) is 0 Å². The molecular weight excluding hydrogens is 172 g/mol. The fourth-order valence-corrected chi connectivity index (χ4v) is 0.749. The monoisotopic (exact) mass is 192 g/mol. The molecule has 78 valence electrons. The van der Waals surface area contributed by atoms with E-state index in [0.717, 1.165) is 0 Å². The number of hydrogen-bond acceptors (Lipinski definition) is 2. The van der Waals surface area contributed by atoms with Gasteiger partial charge < -0.3 is 11.5 Å². The largest absolute Gasteiger partial charge is 0.317 e. The molecule has 0 aromatic heterocycles. The highest BCUT2D eigenvalue weighted by molar-refractivity contribution is 5.16. The SMILES string of the molecule is C=CC(C)C(N)C#CC(N)C(C)C=C. The first-order chi connectivity index (χ1) is 6.52. The highest BCUT2D eigenvalue weighted by Gasteiger charge is 2.07. The van der Waals surface area contributed by atoms with Crippen LogP contribution in [-0.4, -0.2) is 12.1 Å². The summed E-state index contributed by atoms with van der Waals surface area (Å²) >= 11 is 0. The molecule has 0 saturated heterocycles. The third-order valence-corrected chi connectivity index (χ3v) is 2.29. The van der Waals surface area contributed by atoms with Gasteiger partial charge in [0.05, 0.1) is 12.1 Å². The van der Waals surface area contributed by atoms with Crippen LogP contribution in [-0.2, 0) is 0 Å². The Hall–Kier alpha value is -1.04. The second kappa shape index (κ2) is 6.42. The van der Waals surface area contributed by atoms with Gasteiger partial charge in [-0.15, -0.1) is 13.2 Å². The van der Waals surface area contributed by atoms with E-state index in [4.69, 9.17) is 11.5 Å². The van der Waals surface area contributed by atoms with E-state index in [2.05, 4.69) is 25.0 Å². The molecule has 0 aromatic carbocycles. The molecule has 4 unspecified atom stereocenters. The molecule has 0 bridgehead atoms. The predicted molar refractivity (Wildman–Crippen MR) is 62.4 cm³/mol. The molecule has 0 aliphatic carbocycles. The Morgan fingerprint density at radius 3 is 1.43 bits per heavy atom. The Morgan fingerprint density at radius 1 is 0.929 bits per heavy atom. The minimum absolute atomic E-state index is 0.185. The molecule has 2 heteroatoms. The van der Waals surface area contributed by atoms with Crippen LogP contribution in [0.15, 0.2) is 25.3 Å². The predicted octanol–water partition coefficient (Wildman–Crippen LogP) is 1.29. The van der Waals surface area contributed by atoms with Gasteiger partial charge in [-0.3, -0.25) is 0 Å². The van der Waals surface area contributed by atoms with Gasteiger partial charge in [0.2, 0.25) is 0 Å². The van der Waals surface area contributed by atoms with Gasteiger partial charge in [-0.25, -0.2) is 0 Å². The van der Waals surface area contributed by atoms with Crippen LogP contribution in [0.25, 0.3) is 0 Å². The summed E-state index contributed by atoms with van der Waals surface area (Å²) < 4.78 is 0. The fourth-order valence-electron chi connectivity index (χ4n) is 0.749. The maximum Gasteiger partial charge on any atom is 0.0725 e. The van der Waals surface area contributed by atoms with Crippen molar-refractivity contribution in [2.45, 2.75) is 25.9 Å².